The van der Waals surface area contributed by atoms with Crippen molar-refractivity contribution in [1.29, 1.82) is 0 Å². The van der Waals surface area contributed by atoms with E-state index < -0.39 is 0 Å². The summed E-state index contributed by atoms with van der Waals surface area (Å²) in [4.78, 5) is 0. The van der Waals surface area contributed by atoms with Crippen LogP contribution in [0.15, 0.2) is 0 Å². The smallest absolute Gasteiger partial charge is 0.0491 e. The number of rotatable bonds is 6. The van der Waals surface area contributed by atoms with Crippen LogP contribution in [0.3, 0.4) is 0 Å². The Hall–Kier alpha value is -0.0400. The Kier molecular flexibility index (Phi) is 7.04. The number of ether oxygens (including phenoxy) is 1. The van der Waals surface area contributed by atoms with Crippen molar-refractivity contribution in [3.05, 3.63) is 0 Å². The van der Waals surface area contributed by atoms with E-state index in [-0.39, 0.29) is 0 Å². The molecule has 0 radical (unpaired) electrons. The largest absolute Gasteiger partial charge is 0.381 e. The maximum Gasteiger partial charge on any atom is 0.0491 e. The molecule has 10 heavy (non-hydrogen) atoms. The highest BCUT2D eigenvalue weighted by molar-refractivity contribution is 4.45. The average molecular weight is 144 g/mol. The Labute approximate surface area is 64.8 Å². The molecule has 0 saturated heterocycles. The predicted molar refractivity (Wildman–Crippen MR) is 45.2 cm³/mol. The molecule has 0 rings (SSSR count). The first-order valence-electron chi connectivity index (χ1n) is 4.39. The second-order valence-corrected chi connectivity index (χ2v) is 2.94. The first-order chi connectivity index (χ1) is 4.81. The normalized spacial score (nSPS) is 13.5. The third kappa shape index (κ3) is 6.09. The Balaban J connectivity index is 2.89. The van der Waals surface area contributed by atoms with Gasteiger partial charge in [-0.2, -0.15) is 0 Å². The summed E-state index contributed by atoms with van der Waals surface area (Å²) >= 11 is 0. The fourth-order valence-corrected chi connectivity index (χ4v) is 0.649. The molecule has 1 atom stereocenters. The number of hydrogen-bond donors (Lipinski definition) is 0. The molecule has 0 aromatic rings. The monoisotopic (exact) mass is 144 g/mol. The highest BCUT2D eigenvalue weighted by atomic mass is 16.5. The van der Waals surface area contributed by atoms with Gasteiger partial charge in [0.1, 0.15) is 0 Å². The fraction of sp³-hybridized carbons (Fsp3) is 1.00. The Morgan fingerprint density at radius 1 is 1.30 bits per heavy atom. The lowest BCUT2D eigenvalue weighted by atomic mass is 10.1. The van der Waals surface area contributed by atoms with Crippen LogP contribution >= 0.6 is 0 Å². The summed E-state index contributed by atoms with van der Waals surface area (Å²) in [5.74, 6) is 0.733. The van der Waals surface area contributed by atoms with Crippen molar-refractivity contribution in [1.82, 2.24) is 0 Å². The van der Waals surface area contributed by atoms with Crippen LogP contribution in [0, 0.1) is 5.92 Å². The van der Waals surface area contributed by atoms with Gasteiger partial charge in [-0.1, -0.05) is 33.6 Å². The molecule has 0 saturated carbocycles. The van der Waals surface area contributed by atoms with E-state index in [4.69, 9.17) is 4.74 Å². The summed E-state index contributed by atoms with van der Waals surface area (Å²) in [6, 6.07) is 0. The van der Waals surface area contributed by atoms with Gasteiger partial charge in [0.05, 0.1) is 0 Å². The molecule has 0 aromatic heterocycles. The minimum absolute atomic E-state index is 0.733. The van der Waals surface area contributed by atoms with Gasteiger partial charge >= 0.3 is 0 Å². The van der Waals surface area contributed by atoms with E-state index in [0.717, 1.165) is 19.1 Å². The van der Waals surface area contributed by atoms with Crippen molar-refractivity contribution >= 4 is 0 Å². The molecule has 0 aliphatic heterocycles. The van der Waals surface area contributed by atoms with E-state index in [1.54, 1.807) is 0 Å². The van der Waals surface area contributed by atoms with Crippen LogP contribution in [0.4, 0.5) is 0 Å². The predicted octanol–water partition coefficient (Wildman–Crippen LogP) is 2.85. The summed E-state index contributed by atoms with van der Waals surface area (Å²) in [5.41, 5.74) is 0. The SMILES string of the molecule is CCCCOCC(C)CC. The molecule has 0 aliphatic rings. The molecule has 0 spiro atoms. The van der Waals surface area contributed by atoms with E-state index >= 15 is 0 Å². The van der Waals surface area contributed by atoms with Crippen molar-refractivity contribution in [2.45, 2.75) is 40.0 Å². The van der Waals surface area contributed by atoms with Crippen LogP contribution in [0.2, 0.25) is 0 Å². The van der Waals surface area contributed by atoms with Gasteiger partial charge in [-0.15, -0.1) is 0 Å². The second kappa shape index (κ2) is 7.07. The van der Waals surface area contributed by atoms with Crippen molar-refractivity contribution in [3.8, 4) is 0 Å². The molecule has 1 nitrogen and oxygen atoms in total. The van der Waals surface area contributed by atoms with Crippen molar-refractivity contribution < 1.29 is 4.74 Å². The maximum atomic E-state index is 5.43. The average Bonchev–Trinajstić information content (AvgIpc) is 1.98. The molecular formula is C9H20O. The molecule has 0 aliphatic carbocycles. The first kappa shape index (κ1) is 9.96. The van der Waals surface area contributed by atoms with E-state index in [1.807, 2.05) is 0 Å². The lowest BCUT2D eigenvalue weighted by Gasteiger charge is -2.07. The van der Waals surface area contributed by atoms with Gasteiger partial charge in [0, 0.05) is 13.2 Å². The zero-order valence-corrected chi connectivity index (χ0v) is 7.52. The minimum atomic E-state index is 0.733. The molecule has 0 amide bonds. The molecule has 0 fully saturated rings. The van der Waals surface area contributed by atoms with Gasteiger partial charge in [0.25, 0.3) is 0 Å². The topological polar surface area (TPSA) is 9.23 Å². The number of hydrogen-bond acceptors (Lipinski definition) is 1. The third-order valence-electron chi connectivity index (χ3n) is 1.74. The standard InChI is InChI=1S/C9H20O/c1-4-6-7-10-8-9(3)5-2/h9H,4-8H2,1-3H3. The van der Waals surface area contributed by atoms with Crippen molar-refractivity contribution in [3.63, 3.8) is 0 Å². The van der Waals surface area contributed by atoms with Crippen LogP contribution < -0.4 is 0 Å². The van der Waals surface area contributed by atoms with E-state index in [2.05, 4.69) is 20.8 Å². The zero-order valence-electron chi connectivity index (χ0n) is 7.52. The summed E-state index contributed by atoms with van der Waals surface area (Å²) in [7, 11) is 0. The van der Waals surface area contributed by atoms with E-state index in [9.17, 15) is 0 Å². The summed E-state index contributed by atoms with van der Waals surface area (Å²) < 4.78 is 5.43. The number of unbranched alkanes of at least 4 members (excludes halogenated alkanes) is 1. The molecule has 0 bridgehead atoms. The van der Waals surface area contributed by atoms with Gasteiger partial charge in [-0.25, -0.2) is 0 Å². The minimum Gasteiger partial charge on any atom is -0.381 e. The molecule has 1 heteroatoms. The van der Waals surface area contributed by atoms with Crippen LogP contribution in [0.1, 0.15) is 40.0 Å². The van der Waals surface area contributed by atoms with E-state index in [0.29, 0.717) is 0 Å². The first-order valence-corrected chi connectivity index (χ1v) is 4.39. The maximum absolute atomic E-state index is 5.43. The van der Waals surface area contributed by atoms with Crippen molar-refractivity contribution in [2.24, 2.45) is 5.92 Å². The van der Waals surface area contributed by atoms with Gasteiger partial charge < -0.3 is 4.74 Å². The van der Waals surface area contributed by atoms with Gasteiger partial charge in [0.2, 0.25) is 0 Å². The summed E-state index contributed by atoms with van der Waals surface area (Å²) in [6.45, 7) is 8.50. The fourth-order valence-electron chi connectivity index (χ4n) is 0.649. The Morgan fingerprint density at radius 3 is 2.50 bits per heavy atom. The summed E-state index contributed by atoms with van der Waals surface area (Å²) in [5, 5.41) is 0. The van der Waals surface area contributed by atoms with Gasteiger partial charge in [-0.05, 0) is 12.3 Å². The molecule has 0 heterocycles. The lowest BCUT2D eigenvalue weighted by molar-refractivity contribution is 0.101. The summed E-state index contributed by atoms with van der Waals surface area (Å²) in [6.07, 6.45) is 3.67. The Bertz CT molecular complexity index is 61.7. The zero-order chi connectivity index (χ0) is 7.82. The van der Waals surface area contributed by atoms with E-state index in [1.165, 1.54) is 19.3 Å². The second-order valence-electron chi connectivity index (χ2n) is 2.94. The highest BCUT2D eigenvalue weighted by Gasteiger charge is 1.96. The van der Waals surface area contributed by atoms with Crippen LogP contribution in [0.25, 0.3) is 0 Å². The van der Waals surface area contributed by atoms with Crippen LogP contribution in [0.5, 0.6) is 0 Å². The Morgan fingerprint density at radius 2 is 2.00 bits per heavy atom. The van der Waals surface area contributed by atoms with Gasteiger partial charge in [0.15, 0.2) is 0 Å². The van der Waals surface area contributed by atoms with Gasteiger partial charge in [-0.3, -0.25) is 0 Å². The van der Waals surface area contributed by atoms with Crippen LogP contribution in [-0.2, 0) is 4.74 Å². The third-order valence-corrected chi connectivity index (χ3v) is 1.74. The molecular weight excluding hydrogens is 124 g/mol. The highest BCUT2D eigenvalue weighted by Crippen LogP contribution is 2.00. The molecule has 1 unspecified atom stereocenters. The van der Waals surface area contributed by atoms with Crippen LogP contribution in [-0.4, -0.2) is 13.2 Å². The molecule has 0 aromatic carbocycles. The molecule has 62 valence electrons. The van der Waals surface area contributed by atoms with Crippen molar-refractivity contribution in [2.75, 3.05) is 13.2 Å². The quantitative estimate of drug-likeness (QED) is 0.521. The molecule has 0 N–H and O–H groups in total. The lowest BCUT2D eigenvalue weighted by Crippen LogP contribution is -2.05.